The largest absolute Gasteiger partial charge is 0.400 e. The molecule has 0 radical (unpaired) electrons. The quantitative estimate of drug-likeness (QED) is 0.418. The van der Waals surface area contributed by atoms with Crippen LogP contribution in [-0.4, -0.2) is 37.2 Å². The third kappa shape index (κ3) is 3.95. The lowest BCUT2D eigenvalue weighted by Crippen LogP contribution is -2.48. The summed E-state index contributed by atoms with van der Waals surface area (Å²) < 4.78 is 87.1. The summed E-state index contributed by atoms with van der Waals surface area (Å²) in [4.78, 5) is 6.14. The minimum atomic E-state index is -5.16. The van der Waals surface area contributed by atoms with Gasteiger partial charge in [-0.1, -0.05) is 24.3 Å². The van der Waals surface area contributed by atoms with Gasteiger partial charge in [0.2, 0.25) is 0 Å². The van der Waals surface area contributed by atoms with Crippen molar-refractivity contribution in [2.75, 3.05) is 0 Å². The van der Waals surface area contributed by atoms with Gasteiger partial charge in [0.15, 0.2) is 6.17 Å². The van der Waals surface area contributed by atoms with Crippen molar-refractivity contribution >= 4 is 10.9 Å². The van der Waals surface area contributed by atoms with E-state index in [9.17, 15) is 27.1 Å². The number of hydrogen-bond acceptors (Lipinski definition) is 3. The van der Waals surface area contributed by atoms with E-state index in [1.165, 1.54) is 12.1 Å². The number of hydrogen-bond donors (Lipinski definition) is 2. The Bertz CT molecular complexity index is 1190. The molecule has 5 nitrogen and oxygen atoms in total. The van der Waals surface area contributed by atoms with Gasteiger partial charge < -0.3 is 10.1 Å². The normalized spacial score (nSPS) is 16.1. The topological polar surface area (TPSA) is 66.7 Å². The molecule has 168 valence electrons. The number of fused-ring (bicyclic) bond motifs is 1. The molecule has 2 aromatic carbocycles. The molecule has 0 aliphatic carbocycles. The fourth-order valence-corrected chi connectivity index (χ4v) is 3.76. The smallest absolute Gasteiger partial charge is 0.380 e. The monoisotopic (exact) mass is 454 g/mol. The maximum absolute atomic E-state index is 15.9. The summed E-state index contributed by atoms with van der Waals surface area (Å²) >= 11 is 0. The maximum Gasteiger partial charge on any atom is 0.400 e. The van der Waals surface area contributed by atoms with Gasteiger partial charge in [0.05, 0.1) is 6.54 Å². The number of aliphatic hydroxyl groups is 1. The van der Waals surface area contributed by atoms with Gasteiger partial charge in [-0.2, -0.15) is 18.3 Å². The molecule has 0 fully saturated rings. The van der Waals surface area contributed by atoms with Gasteiger partial charge in [-0.05, 0) is 23.6 Å². The number of aromatic amines is 1. The molecule has 0 spiro atoms. The summed E-state index contributed by atoms with van der Waals surface area (Å²) in [5.41, 5.74) is -4.13. The second kappa shape index (κ2) is 7.97. The molecule has 4 aromatic rings. The lowest BCUT2D eigenvalue weighted by molar-refractivity contribution is -0.192. The first-order valence-corrected chi connectivity index (χ1v) is 9.38. The van der Waals surface area contributed by atoms with E-state index in [1.807, 2.05) is 0 Å². The number of halogens is 6. The van der Waals surface area contributed by atoms with E-state index in [-0.39, 0.29) is 0 Å². The highest BCUT2D eigenvalue weighted by Gasteiger charge is 2.56. The number of nitrogens with zero attached hydrogens (tertiary/aromatic N) is 3. The van der Waals surface area contributed by atoms with Crippen molar-refractivity contribution in [3.63, 3.8) is 0 Å². The van der Waals surface area contributed by atoms with Crippen molar-refractivity contribution in [3.8, 4) is 0 Å². The number of alkyl halides is 4. The Morgan fingerprint density at radius 2 is 1.81 bits per heavy atom. The van der Waals surface area contributed by atoms with Crippen LogP contribution in [0.5, 0.6) is 0 Å². The van der Waals surface area contributed by atoms with Gasteiger partial charge in [0.1, 0.15) is 35.8 Å². The molecular weight excluding hydrogens is 438 g/mol. The molecule has 0 amide bonds. The average molecular weight is 454 g/mol. The Morgan fingerprint density at radius 3 is 2.44 bits per heavy atom. The minimum Gasteiger partial charge on any atom is -0.380 e. The van der Waals surface area contributed by atoms with Crippen molar-refractivity contribution in [3.05, 3.63) is 84.1 Å². The number of para-hydroxylation sites is 1. The Balaban J connectivity index is 1.87. The number of nitrogens with one attached hydrogen (secondary N) is 1. The van der Waals surface area contributed by atoms with E-state index in [0.29, 0.717) is 23.0 Å². The fourth-order valence-electron chi connectivity index (χ4n) is 3.76. The molecule has 4 rings (SSSR count). The highest BCUT2D eigenvalue weighted by atomic mass is 19.4. The predicted octanol–water partition coefficient (Wildman–Crippen LogP) is 4.61. The molecule has 0 saturated heterocycles. The van der Waals surface area contributed by atoms with Gasteiger partial charge in [-0.15, -0.1) is 0 Å². The Morgan fingerprint density at radius 1 is 1.06 bits per heavy atom. The number of rotatable bonds is 6. The maximum atomic E-state index is 15.9. The highest BCUT2D eigenvalue weighted by Crippen LogP contribution is 2.46. The van der Waals surface area contributed by atoms with Crippen LogP contribution < -0.4 is 0 Å². The van der Waals surface area contributed by atoms with Crippen LogP contribution in [0.2, 0.25) is 0 Å². The summed E-state index contributed by atoms with van der Waals surface area (Å²) in [6.07, 6.45) is -6.20. The summed E-state index contributed by atoms with van der Waals surface area (Å²) in [5.74, 6) is -5.28. The average Bonchev–Trinajstić information content (AvgIpc) is 3.35. The predicted molar refractivity (Wildman–Crippen MR) is 102 cm³/mol. The van der Waals surface area contributed by atoms with Gasteiger partial charge in [0, 0.05) is 22.8 Å². The van der Waals surface area contributed by atoms with Crippen LogP contribution in [0.25, 0.3) is 10.9 Å². The molecule has 32 heavy (non-hydrogen) atoms. The van der Waals surface area contributed by atoms with Crippen LogP contribution in [0.3, 0.4) is 0 Å². The van der Waals surface area contributed by atoms with Crippen LogP contribution in [0.15, 0.2) is 61.2 Å². The standard InChI is InChI=1S/C21H16F6N4O/c22-13-5-6-14(15(23)8-13)20(32,9-31-11-28-10-29-31)19(24)18(21(25,26)27)17-7-12-3-1-2-4-16(12)30-17/h1-8,10-11,18-19,30,32H,9H2. The van der Waals surface area contributed by atoms with E-state index >= 15 is 4.39 Å². The zero-order chi connectivity index (χ0) is 23.1. The summed E-state index contributed by atoms with van der Waals surface area (Å²) in [6.45, 7) is -0.899. The molecule has 0 aliphatic heterocycles. The zero-order valence-corrected chi connectivity index (χ0v) is 16.2. The fraction of sp³-hybridized carbons (Fsp3) is 0.238. The van der Waals surface area contributed by atoms with Gasteiger partial charge in [-0.25, -0.2) is 22.8 Å². The van der Waals surface area contributed by atoms with E-state index in [2.05, 4.69) is 15.1 Å². The first-order valence-electron chi connectivity index (χ1n) is 9.38. The first-order chi connectivity index (χ1) is 15.1. The lowest BCUT2D eigenvalue weighted by Gasteiger charge is -2.36. The van der Waals surface area contributed by atoms with Crippen LogP contribution in [-0.2, 0) is 12.1 Å². The number of aromatic nitrogens is 4. The lowest BCUT2D eigenvalue weighted by atomic mass is 9.80. The third-order valence-corrected chi connectivity index (χ3v) is 5.25. The molecule has 2 N–H and O–H groups in total. The van der Waals surface area contributed by atoms with E-state index in [0.717, 1.165) is 29.5 Å². The highest BCUT2D eigenvalue weighted by molar-refractivity contribution is 5.80. The van der Waals surface area contributed by atoms with Crippen LogP contribution in [0.4, 0.5) is 26.3 Å². The molecular formula is C21H16F6N4O. The first kappa shape index (κ1) is 21.9. The molecule has 2 aromatic heterocycles. The van der Waals surface area contributed by atoms with E-state index < -0.39 is 53.3 Å². The zero-order valence-electron chi connectivity index (χ0n) is 16.2. The molecule has 3 unspecified atom stereocenters. The Kier molecular flexibility index (Phi) is 5.45. The van der Waals surface area contributed by atoms with Gasteiger partial charge >= 0.3 is 6.18 Å². The van der Waals surface area contributed by atoms with Crippen molar-refractivity contribution in [1.82, 2.24) is 19.7 Å². The van der Waals surface area contributed by atoms with Gasteiger partial charge in [0.25, 0.3) is 0 Å². The number of benzene rings is 2. The van der Waals surface area contributed by atoms with Crippen molar-refractivity contribution in [2.45, 2.75) is 30.4 Å². The van der Waals surface area contributed by atoms with Crippen LogP contribution in [0, 0.1) is 11.6 Å². The molecule has 0 saturated carbocycles. The van der Waals surface area contributed by atoms with Crippen molar-refractivity contribution in [1.29, 1.82) is 0 Å². The Hall–Kier alpha value is -3.34. The summed E-state index contributed by atoms with van der Waals surface area (Å²) in [6, 6.07) is 9.17. The third-order valence-electron chi connectivity index (χ3n) is 5.25. The van der Waals surface area contributed by atoms with Gasteiger partial charge in [-0.3, -0.25) is 0 Å². The summed E-state index contributed by atoms with van der Waals surface area (Å²) in [7, 11) is 0. The second-order valence-corrected chi connectivity index (χ2v) is 7.37. The molecule has 0 bridgehead atoms. The van der Waals surface area contributed by atoms with E-state index in [1.54, 1.807) is 12.1 Å². The molecule has 2 heterocycles. The SMILES string of the molecule is OC(Cn1cncn1)(c1ccc(F)cc1F)C(F)C(c1cc2ccccc2[nH]1)C(F)(F)F. The minimum absolute atomic E-state index is 0.330. The van der Waals surface area contributed by atoms with E-state index in [4.69, 9.17) is 0 Å². The van der Waals surface area contributed by atoms with Crippen molar-refractivity contribution < 1.29 is 31.4 Å². The Labute approximate surface area is 177 Å². The van der Waals surface area contributed by atoms with Crippen LogP contribution in [0.1, 0.15) is 17.2 Å². The van der Waals surface area contributed by atoms with Crippen LogP contribution >= 0.6 is 0 Å². The molecule has 0 aliphatic rings. The van der Waals surface area contributed by atoms with Crippen molar-refractivity contribution in [2.24, 2.45) is 0 Å². The summed E-state index contributed by atoms with van der Waals surface area (Å²) in [5, 5.41) is 15.3. The second-order valence-electron chi connectivity index (χ2n) is 7.37. The molecule has 11 heteroatoms. The number of H-pyrrole nitrogens is 1. The molecule has 3 atom stereocenters.